The Morgan fingerprint density at radius 1 is 1.32 bits per heavy atom. The van der Waals surface area contributed by atoms with Crippen LogP contribution in [0, 0.1) is 17.8 Å². The molecule has 6 heteroatoms. The van der Waals surface area contributed by atoms with Gasteiger partial charge in [0.1, 0.15) is 5.58 Å². The van der Waals surface area contributed by atoms with Crippen molar-refractivity contribution >= 4 is 16.9 Å². The maximum atomic E-state index is 13.3. The van der Waals surface area contributed by atoms with Crippen LogP contribution in [-0.2, 0) is 15.1 Å². The molecule has 0 spiro atoms. The number of furan rings is 1. The van der Waals surface area contributed by atoms with Gasteiger partial charge in [-0.1, -0.05) is 32.0 Å². The second-order valence-electron chi connectivity index (χ2n) is 10.5. The summed E-state index contributed by atoms with van der Waals surface area (Å²) >= 11 is 0. The zero-order chi connectivity index (χ0) is 24.6. The highest BCUT2D eigenvalue weighted by Gasteiger charge is 2.42. The maximum Gasteiger partial charge on any atom is 0.222 e. The Labute approximate surface area is 205 Å². The molecule has 2 heterocycles. The van der Waals surface area contributed by atoms with E-state index in [1.165, 1.54) is 0 Å². The van der Waals surface area contributed by atoms with Crippen LogP contribution in [0.1, 0.15) is 64.4 Å². The highest BCUT2D eigenvalue weighted by molar-refractivity contribution is 5.81. The molecule has 0 unspecified atom stereocenters. The van der Waals surface area contributed by atoms with Crippen molar-refractivity contribution in [2.45, 2.75) is 64.4 Å². The molecule has 0 aliphatic carbocycles. The molecule has 1 aliphatic rings. The molecule has 1 saturated heterocycles. The number of amides is 1. The summed E-state index contributed by atoms with van der Waals surface area (Å²) in [6, 6.07) is 7.94. The molecule has 3 rings (SSSR count). The van der Waals surface area contributed by atoms with Crippen LogP contribution in [-0.4, -0.2) is 56.3 Å². The number of ether oxygens (including phenoxy) is 1. The molecule has 2 aromatic rings. The molecule has 1 aliphatic heterocycles. The lowest BCUT2D eigenvalue weighted by atomic mass is 9.73. The zero-order valence-electron chi connectivity index (χ0n) is 21.5. The normalized spacial score (nSPS) is 19.5. The minimum atomic E-state index is -1.05. The van der Waals surface area contributed by atoms with Gasteiger partial charge in [0.2, 0.25) is 5.91 Å². The molecular formula is C28H44N2O4. The first-order valence-corrected chi connectivity index (χ1v) is 13.0. The number of rotatable bonds is 13. The minimum absolute atomic E-state index is 0.0312. The Morgan fingerprint density at radius 2 is 2.15 bits per heavy atom. The molecule has 2 N–H and O–H groups in total. The molecule has 1 amide bonds. The Balaban J connectivity index is 1.80. The van der Waals surface area contributed by atoms with E-state index in [-0.39, 0.29) is 11.8 Å². The highest BCUT2D eigenvalue weighted by Crippen LogP contribution is 2.42. The van der Waals surface area contributed by atoms with Crippen molar-refractivity contribution < 1.29 is 19.1 Å². The van der Waals surface area contributed by atoms with Gasteiger partial charge in [0.25, 0.3) is 0 Å². The second-order valence-corrected chi connectivity index (χ2v) is 10.5. The summed E-state index contributed by atoms with van der Waals surface area (Å²) < 4.78 is 11.1. The van der Waals surface area contributed by atoms with Crippen molar-refractivity contribution in [3.63, 3.8) is 0 Å². The number of para-hydroxylation sites is 1. The number of benzene rings is 1. The topological polar surface area (TPSA) is 74.9 Å². The van der Waals surface area contributed by atoms with E-state index >= 15 is 0 Å². The first-order valence-electron chi connectivity index (χ1n) is 13.0. The lowest BCUT2D eigenvalue weighted by molar-refractivity contribution is -0.137. The van der Waals surface area contributed by atoms with E-state index in [4.69, 9.17) is 9.15 Å². The number of aliphatic hydroxyl groups is 1. The lowest BCUT2D eigenvalue weighted by Crippen LogP contribution is -2.48. The van der Waals surface area contributed by atoms with Crippen molar-refractivity contribution in [2.24, 2.45) is 17.8 Å². The number of nitrogens with one attached hydrogen (secondary N) is 1. The SMILES string of the molecule is CNC[C@@H](CC(=O)N1CCC[C@@H]([C@@](O)(CCCCOC)c2cccc3ccoc23)C1)CC(C)C. The van der Waals surface area contributed by atoms with Crippen LogP contribution in [0.5, 0.6) is 0 Å². The van der Waals surface area contributed by atoms with E-state index in [1.807, 2.05) is 36.2 Å². The van der Waals surface area contributed by atoms with E-state index in [0.29, 0.717) is 37.8 Å². The molecular weight excluding hydrogens is 428 g/mol. The van der Waals surface area contributed by atoms with Crippen molar-refractivity contribution in [3.8, 4) is 0 Å². The Kier molecular flexibility index (Phi) is 9.98. The average Bonchev–Trinajstić information content (AvgIpc) is 3.30. The van der Waals surface area contributed by atoms with Crippen molar-refractivity contribution in [2.75, 3.05) is 40.4 Å². The van der Waals surface area contributed by atoms with Gasteiger partial charge in [-0.15, -0.1) is 0 Å². The number of carbonyl (C=O) groups is 1. The van der Waals surface area contributed by atoms with Crippen LogP contribution < -0.4 is 5.32 Å². The number of unbranched alkanes of at least 4 members (excludes halogenated alkanes) is 1. The fourth-order valence-electron chi connectivity index (χ4n) is 5.70. The van der Waals surface area contributed by atoms with Gasteiger partial charge in [0, 0.05) is 50.1 Å². The average molecular weight is 473 g/mol. The van der Waals surface area contributed by atoms with Gasteiger partial charge in [-0.3, -0.25) is 4.79 Å². The summed E-state index contributed by atoms with van der Waals surface area (Å²) in [6.07, 6.45) is 7.46. The number of hydrogen-bond donors (Lipinski definition) is 2. The highest BCUT2D eigenvalue weighted by atomic mass is 16.5. The van der Waals surface area contributed by atoms with Gasteiger partial charge in [0.15, 0.2) is 0 Å². The molecule has 34 heavy (non-hydrogen) atoms. The van der Waals surface area contributed by atoms with E-state index < -0.39 is 5.60 Å². The number of methoxy groups -OCH3 is 1. The molecule has 0 bridgehead atoms. The van der Waals surface area contributed by atoms with Gasteiger partial charge in [-0.25, -0.2) is 0 Å². The third-order valence-corrected chi connectivity index (χ3v) is 7.31. The summed E-state index contributed by atoms with van der Waals surface area (Å²) in [5.41, 5.74) is 0.553. The van der Waals surface area contributed by atoms with E-state index in [1.54, 1.807) is 13.4 Å². The monoisotopic (exact) mass is 472 g/mol. The third-order valence-electron chi connectivity index (χ3n) is 7.31. The summed E-state index contributed by atoms with van der Waals surface area (Å²) in [4.78, 5) is 15.3. The van der Waals surface area contributed by atoms with Gasteiger partial charge >= 0.3 is 0 Å². The molecule has 0 saturated carbocycles. The predicted molar refractivity (Wildman–Crippen MR) is 137 cm³/mol. The lowest BCUT2D eigenvalue weighted by Gasteiger charge is -2.43. The van der Waals surface area contributed by atoms with Gasteiger partial charge < -0.3 is 24.5 Å². The number of nitrogens with zero attached hydrogens (tertiary/aromatic N) is 1. The van der Waals surface area contributed by atoms with Crippen molar-refractivity contribution in [1.82, 2.24) is 10.2 Å². The standard InChI is InChI=1S/C28H44N2O4/c1-21(2)17-22(19-29-3)18-26(31)30-14-8-10-24(20-30)28(32,13-5-6-15-33-4)25-11-7-9-23-12-16-34-27(23)25/h7,9,11-12,16,21-22,24,29,32H,5-6,8,10,13-15,17-20H2,1-4H3/t22-,24-,28+/m1/s1. The van der Waals surface area contributed by atoms with Crippen LogP contribution in [0.15, 0.2) is 34.9 Å². The number of fused-ring (bicyclic) bond motifs is 1. The zero-order valence-corrected chi connectivity index (χ0v) is 21.5. The molecule has 0 radical (unpaired) electrons. The number of likely N-dealkylation sites (tertiary alicyclic amines) is 1. The van der Waals surface area contributed by atoms with E-state index in [0.717, 1.165) is 61.7 Å². The summed E-state index contributed by atoms with van der Waals surface area (Å²) in [5, 5.41) is 16.5. The van der Waals surface area contributed by atoms with Crippen molar-refractivity contribution in [1.29, 1.82) is 0 Å². The number of hydrogen-bond acceptors (Lipinski definition) is 5. The smallest absolute Gasteiger partial charge is 0.222 e. The van der Waals surface area contributed by atoms with Gasteiger partial charge in [-0.2, -0.15) is 0 Å². The first-order chi connectivity index (χ1) is 16.4. The van der Waals surface area contributed by atoms with E-state index in [9.17, 15) is 9.90 Å². The molecule has 1 aromatic carbocycles. The summed E-state index contributed by atoms with van der Waals surface area (Å²) in [6.45, 7) is 7.31. The van der Waals surface area contributed by atoms with Crippen LogP contribution in [0.25, 0.3) is 11.0 Å². The van der Waals surface area contributed by atoms with Gasteiger partial charge in [0.05, 0.1) is 11.9 Å². The van der Waals surface area contributed by atoms with E-state index in [2.05, 4.69) is 19.2 Å². The maximum absolute atomic E-state index is 13.3. The van der Waals surface area contributed by atoms with Gasteiger partial charge in [-0.05, 0) is 70.0 Å². The second kappa shape index (κ2) is 12.7. The molecule has 1 aromatic heterocycles. The molecule has 6 nitrogen and oxygen atoms in total. The largest absolute Gasteiger partial charge is 0.464 e. The first kappa shape index (κ1) is 26.7. The Morgan fingerprint density at radius 3 is 2.88 bits per heavy atom. The third kappa shape index (κ3) is 6.61. The Hall–Kier alpha value is -1.89. The fraction of sp³-hybridized carbons (Fsp3) is 0.679. The molecule has 190 valence electrons. The molecule has 1 fully saturated rings. The van der Waals surface area contributed by atoms with Crippen LogP contribution in [0.4, 0.5) is 0 Å². The predicted octanol–water partition coefficient (Wildman–Crippen LogP) is 4.95. The van der Waals surface area contributed by atoms with Crippen LogP contribution in [0.3, 0.4) is 0 Å². The number of carbonyl (C=O) groups excluding carboxylic acids is 1. The summed E-state index contributed by atoms with van der Waals surface area (Å²) in [7, 11) is 3.66. The molecule has 3 atom stereocenters. The quantitative estimate of drug-likeness (QED) is 0.404. The Bertz CT molecular complexity index is 895. The minimum Gasteiger partial charge on any atom is -0.464 e. The van der Waals surface area contributed by atoms with Crippen molar-refractivity contribution in [3.05, 3.63) is 36.1 Å². The summed E-state index contributed by atoms with van der Waals surface area (Å²) in [5.74, 6) is 1.08. The number of piperidine rings is 1. The fourth-order valence-corrected chi connectivity index (χ4v) is 5.70. The van der Waals surface area contributed by atoms with Crippen LogP contribution >= 0.6 is 0 Å². The van der Waals surface area contributed by atoms with Crippen LogP contribution in [0.2, 0.25) is 0 Å².